The van der Waals surface area contributed by atoms with Gasteiger partial charge in [-0.3, -0.25) is 14.9 Å². The number of amides is 1. The van der Waals surface area contributed by atoms with Gasteiger partial charge in [0.2, 0.25) is 5.91 Å². The molecule has 0 heterocycles. The van der Waals surface area contributed by atoms with Crippen LogP contribution in [0, 0.1) is 52.3 Å². The Morgan fingerprint density at radius 3 is 2.20 bits per heavy atom. The molecule has 44 heavy (non-hydrogen) atoms. The maximum atomic E-state index is 14.1. The number of carbonyl (C=O) groups is 2. The number of aliphatic carboxylic acids is 1. The molecule has 9 nitrogen and oxygen atoms in total. The second kappa shape index (κ2) is 11.2. The van der Waals surface area contributed by atoms with Crippen molar-refractivity contribution in [2.24, 2.45) is 40.9 Å². The van der Waals surface area contributed by atoms with Crippen molar-refractivity contribution in [2.75, 3.05) is 7.11 Å². The van der Waals surface area contributed by atoms with E-state index in [1.165, 1.54) is 26.4 Å². The lowest BCUT2D eigenvalue weighted by Gasteiger charge is -2.57. The quantitative estimate of drug-likeness (QED) is 0.286. The predicted molar refractivity (Wildman–Crippen MR) is 162 cm³/mol. The van der Waals surface area contributed by atoms with Crippen LogP contribution in [-0.4, -0.2) is 46.9 Å². The number of hydrogen-bond acceptors (Lipinski definition) is 7. The number of ether oxygens (including phenoxy) is 2. The van der Waals surface area contributed by atoms with Gasteiger partial charge in [-0.25, -0.2) is 0 Å². The fourth-order valence-corrected chi connectivity index (χ4v) is 10.7. The smallest absolute Gasteiger partial charge is 0.309 e. The fraction of sp³-hybridized carbons (Fsp3) is 0.743. The lowest BCUT2D eigenvalue weighted by molar-refractivity contribution is -0.150. The highest BCUT2D eigenvalue weighted by Gasteiger charge is 2.55. The monoisotopic (exact) mass is 605 g/mol. The van der Waals surface area contributed by atoms with Crippen LogP contribution in [0.25, 0.3) is 0 Å². The molecule has 0 saturated heterocycles. The Hall–Kier alpha value is -2.83. The summed E-state index contributed by atoms with van der Waals surface area (Å²) < 4.78 is 11.9. The highest BCUT2D eigenvalue weighted by atomic mass is 16.5. The molecule has 0 radical (unpaired) electrons. The minimum Gasteiger partial charge on any atom is -0.496 e. The van der Waals surface area contributed by atoms with E-state index in [2.05, 4.69) is 16.7 Å². The molecule has 6 bridgehead atoms. The van der Waals surface area contributed by atoms with Gasteiger partial charge >= 0.3 is 5.97 Å². The zero-order valence-corrected chi connectivity index (χ0v) is 26.0. The third-order valence-corrected chi connectivity index (χ3v) is 12.6. The van der Waals surface area contributed by atoms with Crippen molar-refractivity contribution in [2.45, 2.75) is 114 Å². The molecule has 0 aliphatic heterocycles. The van der Waals surface area contributed by atoms with Crippen LogP contribution in [0.5, 0.6) is 11.5 Å². The van der Waals surface area contributed by atoms with Crippen molar-refractivity contribution in [1.82, 2.24) is 10.6 Å². The number of rotatable bonds is 9. The summed E-state index contributed by atoms with van der Waals surface area (Å²) >= 11 is 0. The Bertz CT molecular complexity index is 1310. The van der Waals surface area contributed by atoms with Gasteiger partial charge in [-0.15, -0.1) is 0 Å². The molecule has 7 aliphatic carbocycles. The van der Waals surface area contributed by atoms with Gasteiger partial charge < -0.3 is 25.0 Å². The number of nitrogens with zero attached hydrogens (tertiary/aromatic N) is 1. The van der Waals surface area contributed by atoms with E-state index in [1.54, 1.807) is 19.1 Å². The molecule has 9 heteroatoms. The minimum atomic E-state index is -1.11. The summed E-state index contributed by atoms with van der Waals surface area (Å²) in [7, 11) is 1.51. The molecular weight excluding hydrogens is 558 g/mol. The van der Waals surface area contributed by atoms with E-state index < -0.39 is 17.6 Å². The number of aliphatic hydroxyl groups is 1. The molecule has 0 spiro atoms. The van der Waals surface area contributed by atoms with Crippen LogP contribution in [-0.2, 0) is 9.59 Å². The number of carbonyl (C=O) groups excluding carboxylic acids is 1. The van der Waals surface area contributed by atoms with Crippen molar-refractivity contribution in [3.63, 3.8) is 0 Å². The predicted octanol–water partition coefficient (Wildman–Crippen LogP) is 5.06. The van der Waals surface area contributed by atoms with Crippen LogP contribution in [0.1, 0.15) is 108 Å². The van der Waals surface area contributed by atoms with Crippen LogP contribution in [0.3, 0.4) is 0 Å². The lowest BCUT2D eigenvalue weighted by atomic mass is 9.53. The van der Waals surface area contributed by atoms with E-state index in [0.29, 0.717) is 60.1 Å². The van der Waals surface area contributed by atoms with E-state index in [9.17, 15) is 25.1 Å². The molecule has 8 rings (SSSR count). The summed E-state index contributed by atoms with van der Waals surface area (Å²) in [5.74, 6) is 2.85. The van der Waals surface area contributed by atoms with E-state index in [-0.39, 0.29) is 29.5 Å². The Kier molecular flexibility index (Phi) is 7.60. The summed E-state index contributed by atoms with van der Waals surface area (Å²) in [6.45, 7) is 1.77. The summed E-state index contributed by atoms with van der Waals surface area (Å²) in [5, 5.41) is 38.2. The molecule has 7 saturated carbocycles. The molecule has 5 atom stereocenters. The van der Waals surface area contributed by atoms with Crippen molar-refractivity contribution in [3.8, 4) is 17.6 Å². The highest BCUT2D eigenvalue weighted by Crippen LogP contribution is 2.56. The topological polar surface area (TPSA) is 141 Å². The van der Waals surface area contributed by atoms with Gasteiger partial charge in [-0.2, -0.15) is 5.26 Å². The normalized spacial score (nSPS) is 40.8. The summed E-state index contributed by atoms with van der Waals surface area (Å²) in [4.78, 5) is 25.8. The Morgan fingerprint density at radius 1 is 0.977 bits per heavy atom. The first-order valence-electron chi connectivity index (χ1n) is 16.9. The third kappa shape index (κ3) is 5.26. The average molecular weight is 606 g/mol. The van der Waals surface area contributed by atoms with Crippen LogP contribution < -0.4 is 20.1 Å². The van der Waals surface area contributed by atoms with Crippen molar-refractivity contribution < 1.29 is 29.3 Å². The van der Waals surface area contributed by atoms with Crippen molar-refractivity contribution >= 4 is 11.9 Å². The first-order valence-corrected chi connectivity index (χ1v) is 16.9. The van der Waals surface area contributed by atoms with Crippen molar-refractivity contribution in [1.29, 1.82) is 5.26 Å². The number of nitriles is 1. The van der Waals surface area contributed by atoms with Crippen LogP contribution in [0.15, 0.2) is 12.1 Å². The summed E-state index contributed by atoms with van der Waals surface area (Å²) in [6.07, 6.45) is 11.3. The first-order chi connectivity index (χ1) is 21.1. The molecule has 1 aromatic carbocycles. The van der Waals surface area contributed by atoms with E-state index in [0.717, 1.165) is 56.3 Å². The molecule has 1 amide bonds. The maximum absolute atomic E-state index is 14.1. The number of methoxy groups -OCH3 is 1. The van der Waals surface area contributed by atoms with Gasteiger partial charge in [-0.05, 0) is 126 Å². The van der Waals surface area contributed by atoms with Gasteiger partial charge in [0.1, 0.15) is 23.8 Å². The van der Waals surface area contributed by atoms with Gasteiger partial charge in [-0.1, -0.05) is 0 Å². The average Bonchev–Trinajstić information content (AvgIpc) is 3.59. The molecule has 4 N–H and O–H groups in total. The van der Waals surface area contributed by atoms with Crippen molar-refractivity contribution in [3.05, 3.63) is 23.3 Å². The Morgan fingerprint density at radius 2 is 1.61 bits per heavy atom. The van der Waals surface area contributed by atoms with Gasteiger partial charge in [0, 0.05) is 23.2 Å². The zero-order valence-electron chi connectivity index (χ0n) is 26.0. The molecule has 0 aromatic heterocycles. The number of carboxylic acids is 1. The fourth-order valence-electron chi connectivity index (χ4n) is 10.7. The standard InChI is InChI=1S/C35H47N3O6/c1-34(33(41)42)7-5-25(6-8-34)44-27-14-26(28(43-2)13-24(27)18-36)31(39)37-30-23-4-3-22(12-23)29(30)32(40)38-35-15-19-9-20(16-35)11-21(10-19)17-35/h13-14,19-23,25,29-31,37,39H,3-12,15-17H2,1-2H3,(H,38,40)(H,41,42)/t19-,20-,21?,22-,23+,25-,29+,30-,31?,34+,35?/m1/s1. The summed E-state index contributed by atoms with van der Waals surface area (Å²) in [5.41, 5.74) is -0.0317. The number of carboxylic acid groups (broad SMARTS) is 1. The Labute approximate surface area is 260 Å². The van der Waals surface area contributed by atoms with Gasteiger partial charge in [0.05, 0.1) is 30.1 Å². The van der Waals surface area contributed by atoms with Crippen LogP contribution in [0.2, 0.25) is 0 Å². The maximum Gasteiger partial charge on any atom is 0.309 e. The molecule has 7 fully saturated rings. The van der Waals surface area contributed by atoms with Gasteiger partial charge in [0.25, 0.3) is 0 Å². The number of fused-ring (bicyclic) bond motifs is 2. The molecule has 1 aromatic rings. The SMILES string of the molecule is COc1cc(C#N)c(O[C@H]2CC[C@@](C)(C(=O)O)CC2)cc1C(O)N[C@@H]1[C@H]2CC[C@H](C2)[C@@H]1C(=O)NC12CC3C[C@H](C1)C[C@H](C3)C2. The molecule has 238 valence electrons. The summed E-state index contributed by atoms with van der Waals surface area (Å²) in [6, 6.07) is 5.31. The van der Waals surface area contributed by atoms with E-state index in [1.807, 2.05) is 0 Å². The highest BCUT2D eigenvalue weighted by molar-refractivity contribution is 5.81. The van der Waals surface area contributed by atoms with E-state index in [4.69, 9.17) is 9.47 Å². The lowest BCUT2D eigenvalue weighted by Crippen LogP contribution is -2.62. The largest absolute Gasteiger partial charge is 0.496 e. The Balaban J connectivity index is 1.08. The van der Waals surface area contributed by atoms with Crippen LogP contribution in [0.4, 0.5) is 0 Å². The third-order valence-electron chi connectivity index (χ3n) is 12.6. The van der Waals surface area contributed by atoms with Gasteiger partial charge in [0.15, 0.2) is 0 Å². The second-order valence-electron chi connectivity index (χ2n) is 15.5. The zero-order chi connectivity index (χ0) is 30.8. The molecular formula is C35H47N3O6. The number of hydrogen-bond donors (Lipinski definition) is 4. The number of nitrogens with one attached hydrogen (secondary N) is 2. The second-order valence-corrected chi connectivity index (χ2v) is 15.5. The van der Waals surface area contributed by atoms with Crippen LogP contribution >= 0.6 is 0 Å². The first kappa shape index (κ1) is 29.9. The van der Waals surface area contributed by atoms with E-state index >= 15 is 0 Å². The number of benzene rings is 1. The molecule has 7 aliphatic rings. The molecule has 1 unspecified atom stereocenters. The minimum absolute atomic E-state index is 0.0412. The number of aliphatic hydroxyl groups excluding tert-OH is 1.